The maximum atomic E-state index is 11.9. The van der Waals surface area contributed by atoms with Gasteiger partial charge in [-0.3, -0.25) is 9.59 Å². The molecule has 0 aromatic heterocycles. The number of nitrogens with one attached hydrogen (secondary N) is 2. The van der Waals surface area contributed by atoms with Crippen LogP contribution in [0.5, 0.6) is 0 Å². The van der Waals surface area contributed by atoms with Gasteiger partial charge < -0.3 is 10.6 Å². The summed E-state index contributed by atoms with van der Waals surface area (Å²) in [5.74, 6) is -0.480. The van der Waals surface area contributed by atoms with Crippen LogP contribution < -0.4 is 10.6 Å². The first kappa shape index (κ1) is 16.2. The van der Waals surface area contributed by atoms with E-state index in [9.17, 15) is 9.59 Å². The molecule has 2 N–H and O–H groups in total. The third-order valence-electron chi connectivity index (χ3n) is 3.19. The Hall–Kier alpha value is -2.14. The second-order valence-corrected chi connectivity index (χ2v) is 5.81. The molecule has 114 valence electrons. The van der Waals surface area contributed by atoms with Crippen LogP contribution in [0.4, 0.5) is 0 Å². The van der Waals surface area contributed by atoms with E-state index in [1.165, 1.54) is 0 Å². The van der Waals surface area contributed by atoms with Gasteiger partial charge in [0, 0.05) is 10.0 Å². The second-order valence-electron chi connectivity index (χ2n) is 4.89. The summed E-state index contributed by atoms with van der Waals surface area (Å²) in [5.41, 5.74) is 1.54. The predicted octanol–water partition coefficient (Wildman–Crippen LogP) is 3.06. The standard InChI is InChI=1S/C17H17BrN2O2/c1-12(13-7-9-15(18)10-8-13)20-16(21)11-19-17(22)14-5-3-2-4-6-14/h2-10,12H,11H2,1H3,(H,19,22)(H,20,21). The van der Waals surface area contributed by atoms with Gasteiger partial charge in [0.1, 0.15) is 0 Å². The van der Waals surface area contributed by atoms with Gasteiger partial charge in [-0.15, -0.1) is 0 Å². The number of carbonyl (C=O) groups is 2. The molecule has 0 spiro atoms. The third-order valence-corrected chi connectivity index (χ3v) is 3.72. The van der Waals surface area contributed by atoms with Crippen LogP contribution in [0.3, 0.4) is 0 Å². The lowest BCUT2D eigenvalue weighted by atomic mass is 10.1. The van der Waals surface area contributed by atoms with Crippen LogP contribution in [0.2, 0.25) is 0 Å². The van der Waals surface area contributed by atoms with E-state index >= 15 is 0 Å². The average Bonchev–Trinajstić information content (AvgIpc) is 2.54. The van der Waals surface area contributed by atoms with E-state index in [0.717, 1.165) is 10.0 Å². The Labute approximate surface area is 138 Å². The maximum Gasteiger partial charge on any atom is 0.251 e. The molecule has 2 amide bonds. The quantitative estimate of drug-likeness (QED) is 0.860. The van der Waals surface area contributed by atoms with E-state index in [0.29, 0.717) is 5.56 Å². The average molecular weight is 361 g/mol. The lowest BCUT2D eigenvalue weighted by Crippen LogP contribution is -2.38. The summed E-state index contributed by atoms with van der Waals surface area (Å²) < 4.78 is 0.991. The van der Waals surface area contributed by atoms with Gasteiger partial charge in [-0.2, -0.15) is 0 Å². The van der Waals surface area contributed by atoms with Crippen LogP contribution in [0, 0.1) is 0 Å². The summed E-state index contributed by atoms with van der Waals surface area (Å²) in [6.07, 6.45) is 0. The molecule has 5 heteroatoms. The zero-order valence-corrected chi connectivity index (χ0v) is 13.8. The SMILES string of the molecule is CC(NC(=O)CNC(=O)c1ccccc1)c1ccc(Br)cc1. The van der Waals surface area contributed by atoms with Crippen LogP contribution >= 0.6 is 15.9 Å². The molecule has 0 fully saturated rings. The molecule has 0 saturated heterocycles. The Morgan fingerprint density at radius 3 is 2.32 bits per heavy atom. The van der Waals surface area contributed by atoms with E-state index in [1.807, 2.05) is 37.3 Å². The molecular formula is C17H17BrN2O2. The molecule has 2 aromatic carbocycles. The molecule has 0 aliphatic heterocycles. The zero-order chi connectivity index (χ0) is 15.9. The van der Waals surface area contributed by atoms with Gasteiger partial charge in [-0.25, -0.2) is 0 Å². The van der Waals surface area contributed by atoms with Crippen molar-refractivity contribution in [2.24, 2.45) is 0 Å². The van der Waals surface area contributed by atoms with Crippen LogP contribution in [-0.2, 0) is 4.79 Å². The Balaban J connectivity index is 1.83. The predicted molar refractivity (Wildman–Crippen MR) is 89.5 cm³/mol. The van der Waals surface area contributed by atoms with Gasteiger partial charge in [0.05, 0.1) is 12.6 Å². The molecule has 1 unspecified atom stereocenters. The van der Waals surface area contributed by atoms with Crippen molar-refractivity contribution in [2.45, 2.75) is 13.0 Å². The highest BCUT2D eigenvalue weighted by Crippen LogP contribution is 2.16. The minimum absolute atomic E-state index is 0.0470. The fraction of sp³-hybridized carbons (Fsp3) is 0.176. The number of rotatable bonds is 5. The zero-order valence-electron chi connectivity index (χ0n) is 12.2. The van der Waals surface area contributed by atoms with Gasteiger partial charge in [0.15, 0.2) is 0 Å². The molecule has 0 saturated carbocycles. The van der Waals surface area contributed by atoms with Crippen LogP contribution in [0.15, 0.2) is 59.1 Å². The highest BCUT2D eigenvalue weighted by molar-refractivity contribution is 9.10. The number of carbonyl (C=O) groups excluding carboxylic acids is 2. The van der Waals surface area contributed by atoms with Crippen molar-refractivity contribution in [2.75, 3.05) is 6.54 Å². The highest BCUT2D eigenvalue weighted by atomic mass is 79.9. The van der Waals surface area contributed by atoms with E-state index in [4.69, 9.17) is 0 Å². The molecule has 2 rings (SSSR count). The molecule has 1 atom stereocenters. The molecule has 0 heterocycles. The van der Waals surface area contributed by atoms with E-state index in [2.05, 4.69) is 26.6 Å². The van der Waals surface area contributed by atoms with Crippen molar-refractivity contribution in [1.82, 2.24) is 10.6 Å². The van der Waals surface area contributed by atoms with Gasteiger partial charge in [-0.1, -0.05) is 46.3 Å². The highest BCUT2D eigenvalue weighted by Gasteiger charge is 2.11. The number of halogens is 1. The topological polar surface area (TPSA) is 58.2 Å². The first-order valence-corrected chi connectivity index (χ1v) is 7.73. The maximum absolute atomic E-state index is 11.9. The van der Waals surface area contributed by atoms with Crippen molar-refractivity contribution in [3.63, 3.8) is 0 Å². The second kappa shape index (κ2) is 7.75. The van der Waals surface area contributed by atoms with Crippen LogP contribution in [0.25, 0.3) is 0 Å². The molecule has 0 bridgehead atoms. The van der Waals surface area contributed by atoms with Gasteiger partial charge in [-0.05, 0) is 36.8 Å². The lowest BCUT2D eigenvalue weighted by molar-refractivity contribution is -0.120. The monoisotopic (exact) mass is 360 g/mol. The normalized spacial score (nSPS) is 11.5. The number of hydrogen-bond donors (Lipinski definition) is 2. The lowest BCUT2D eigenvalue weighted by Gasteiger charge is -2.14. The number of benzene rings is 2. The summed E-state index contributed by atoms with van der Waals surface area (Å²) in [6.45, 7) is 1.86. The van der Waals surface area contributed by atoms with Crippen LogP contribution in [0.1, 0.15) is 28.9 Å². The molecule has 0 aliphatic rings. The van der Waals surface area contributed by atoms with Crippen molar-refractivity contribution in [3.8, 4) is 0 Å². The van der Waals surface area contributed by atoms with Gasteiger partial charge in [0.25, 0.3) is 5.91 Å². The fourth-order valence-corrected chi connectivity index (χ4v) is 2.24. The minimum Gasteiger partial charge on any atom is -0.348 e. The van der Waals surface area contributed by atoms with Crippen molar-refractivity contribution in [3.05, 3.63) is 70.2 Å². The summed E-state index contributed by atoms with van der Waals surface area (Å²) in [5, 5.41) is 5.46. The van der Waals surface area contributed by atoms with E-state index in [-0.39, 0.29) is 24.4 Å². The number of hydrogen-bond acceptors (Lipinski definition) is 2. The van der Waals surface area contributed by atoms with Crippen molar-refractivity contribution >= 4 is 27.7 Å². The summed E-state index contributed by atoms with van der Waals surface area (Å²) in [7, 11) is 0. The fourth-order valence-electron chi connectivity index (χ4n) is 1.98. The summed E-state index contributed by atoms with van der Waals surface area (Å²) in [4.78, 5) is 23.7. The Kier molecular flexibility index (Phi) is 5.72. The molecule has 22 heavy (non-hydrogen) atoms. The Bertz CT molecular complexity index is 641. The largest absolute Gasteiger partial charge is 0.348 e. The number of amides is 2. The van der Waals surface area contributed by atoms with Crippen molar-refractivity contribution < 1.29 is 9.59 Å². The molecular weight excluding hydrogens is 344 g/mol. The molecule has 4 nitrogen and oxygen atoms in total. The molecule has 2 aromatic rings. The Morgan fingerprint density at radius 2 is 1.68 bits per heavy atom. The van der Waals surface area contributed by atoms with E-state index in [1.54, 1.807) is 24.3 Å². The van der Waals surface area contributed by atoms with Crippen LogP contribution in [-0.4, -0.2) is 18.4 Å². The first-order valence-electron chi connectivity index (χ1n) is 6.94. The molecule has 0 aliphatic carbocycles. The molecule has 0 radical (unpaired) electrons. The van der Waals surface area contributed by atoms with Crippen molar-refractivity contribution in [1.29, 1.82) is 0 Å². The summed E-state index contributed by atoms with van der Waals surface area (Å²) in [6, 6.07) is 16.4. The Morgan fingerprint density at radius 1 is 1.05 bits per heavy atom. The van der Waals surface area contributed by atoms with Gasteiger partial charge in [0.2, 0.25) is 5.91 Å². The first-order chi connectivity index (χ1) is 10.6. The smallest absolute Gasteiger partial charge is 0.251 e. The summed E-state index contributed by atoms with van der Waals surface area (Å²) >= 11 is 3.37. The third kappa shape index (κ3) is 4.70. The van der Waals surface area contributed by atoms with Gasteiger partial charge >= 0.3 is 0 Å². The van der Waals surface area contributed by atoms with E-state index < -0.39 is 0 Å². The minimum atomic E-state index is -0.257.